The number of hydrogen-bond donors (Lipinski definition) is 3. The van der Waals surface area contributed by atoms with E-state index in [2.05, 4.69) is 61.5 Å². The third-order valence-electron chi connectivity index (χ3n) is 3.62. The molecule has 30 heavy (non-hydrogen) atoms. The van der Waals surface area contributed by atoms with Gasteiger partial charge in [0, 0.05) is 40.0 Å². The molecule has 0 aliphatic carbocycles. The molecule has 0 unspecified atom stereocenters. The Morgan fingerprint density at radius 2 is 0.900 bits per heavy atom. The molecule has 0 aromatic heterocycles. The van der Waals surface area contributed by atoms with Crippen LogP contribution in [0.15, 0.2) is 54.6 Å². The van der Waals surface area contributed by atoms with Gasteiger partial charge in [-0.1, -0.05) is 41.8 Å². The summed E-state index contributed by atoms with van der Waals surface area (Å²) in [6.07, 6.45) is -0.500. The van der Waals surface area contributed by atoms with Crippen LogP contribution in [-0.2, 0) is 21.7 Å². The Kier molecular flexibility index (Phi) is 12.9. The maximum Gasteiger partial charge on any atom is 0.0483 e. The van der Waals surface area contributed by atoms with Crippen molar-refractivity contribution in [1.29, 1.82) is 0 Å². The average molecular weight is 443 g/mol. The Labute approximate surface area is 196 Å². The first-order chi connectivity index (χ1) is 13.5. The first-order valence-corrected chi connectivity index (χ1v) is 10.1. The normalized spacial score (nSPS) is 10.3. The Bertz CT molecular complexity index is 955. The van der Waals surface area contributed by atoms with Gasteiger partial charge in [0.05, 0.1) is 0 Å². The van der Waals surface area contributed by atoms with Crippen molar-refractivity contribution in [2.75, 3.05) is 0 Å². The summed E-state index contributed by atoms with van der Waals surface area (Å²) in [6.45, 7) is 14.5. The van der Waals surface area contributed by atoms with Crippen LogP contribution in [0.3, 0.4) is 0 Å². The topological polar surface area (TPSA) is 60.7 Å². The van der Waals surface area contributed by atoms with Gasteiger partial charge in [0.1, 0.15) is 0 Å². The van der Waals surface area contributed by atoms with Gasteiger partial charge in [0.2, 0.25) is 0 Å². The van der Waals surface area contributed by atoms with Crippen molar-refractivity contribution in [2.24, 2.45) is 0 Å². The predicted molar refractivity (Wildman–Crippen MR) is 127 cm³/mol. The molecule has 0 spiro atoms. The van der Waals surface area contributed by atoms with E-state index in [1.54, 1.807) is 41.5 Å². The van der Waals surface area contributed by atoms with Crippen LogP contribution in [0, 0.1) is 6.92 Å². The van der Waals surface area contributed by atoms with E-state index >= 15 is 0 Å². The Hall–Kier alpha value is -1.62. The van der Waals surface area contributed by atoms with Crippen molar-refractivity contribution in [3.8, 4) is 0 Å². The number of hydrogen-bond acceptors (Lipinski definition) is 3. The van der Waals surface area contributed by atoms with E-state index in [1.165, 1.54) is 32.3 Å². The molecule has 3 nitrogen and oxygen atoms in total. The molecule has 0 atom stereocenters. The van der Waals surface area contributed by atoms with Crippen LogP contribution in [-0.4, -0.2) is 33.6 Å². The first-order valence-electron chi connectivity index (χ1n) is 10.1. The zero-order chi connectivity index (χ0) is 22.1. The summed E-state index contributed by atoms with van der Waals surface area (Å²) in [5.41, 5.74) is 1.11. The summed E-state index contributed by atoms with van der Waals surface area (Å²) >= 11 is 0. The second-order valence-electron chi connectivity index (χ2n) is 7.86. The van der Waals surface area contributed by atoms with Crippen molar-refractivity contribution in [3.05, 3.63) is 67.1 Å². The zero-order valence-corrected chi connectivity index (χ0v) is 20.5. The van der Waals surface area contributed by atoms with Gasteiger partial charge >= 0.3 is 0 Å². The van der Waals surface area contributed by atoms with Gasteiger partial charge in [0.15, 0.2) is 0 Å². The summed E-state index contributed by atoms with van der Waals surface area (Å²) < 4.78 is 0. The van der Waals surface area contributed by atoms with Crippen LogP contribution >= 0.6 is 0 Å². The molecule has 0 aliphatic rings. The Balaban J connectivity index is 0.000000547. The second-order valence-corrected chi connectivity index (χ2v) is 7.86. The minimum Gasteiger partial charge on any atom is -0.394 e. The van der Waals surface area contributed by atoms with Crippen molar-refractivity contribution >= 4 is 32.3 Å². The van der Waals surface area contributed by atoms with Crippen LogP contribution in [0.5, 0.6) is 0 Å². The SMILES string of the molecule is CC(C)O.CC(C)O.CC(C)O.[CH2-]c1ccc2ccc3cccc4ccc1c2c34.[Ti]. The number of rotatable bonds is 0. The van der Waals surface area contributed by atoms with Gasteiger partial charge < -0.3 is 15.3 Å². The zero-order valence-electron chi connectivity index (χ0n) is 19.0. The maximum atomic E-state index is 8.06. The Morgan fingerprint density at radius 3 is 1.33 bits per heavy atom. The molecule has 3 N–H and O–H groups in total. The number of benzene rings is 4. The van der Waals surface area contributed by atoms with Crippen LogP contribution in [0.25, 0.3) is 32.3 Å². The summed E-state index contributed by atoms with van der Waals surface area (Å²) in [5.74, 6) is 0. The molecular formula is C26H35O3Ti-. The Morgan fingerprint density at radius 1 is 0.567 bits per heavy atom. The minimum atomic E-state index is -0.167. The predicted octanol–water partition coefficient (Wildman–Crippen LogP) is 5.92. The number of aliphatic hydroxyl groups is 3. The minimum absolute atomic E-state index is 0. The fraction of sp³-hybridized carbons (Fsp3) is 0.346. The van der Waals surface area contributed by atoms with Crippen molar-refractivity contribution < 1.29 is 37.0 Å². The summed E-state index contributed by atoms with van der Waals surface area (Å²) in [5, 5.41) is 32.1. The van der Waals surface area contributed by atoms with Crippen LogP contribution in [0.1, 0.15) is 47.1 Å². The summed E-state index contributed by atoms with van der Waals surface area (Å²) in [6, 6.07) is 19.5. The van der Waals surface area contributed by atoms with Crippen LogP contribution < -0.4 is 0 Å². The van der Waals surface area contributed by atoms with Crippen LogP contribution in [0.4, 0.5) is 0 Å². The molecule has 162 valence electrons. The van der Waals surface area contributed by atoms with E-state index in [4.69, 9.17) is 15.3 Å². The summed E-state index contributed by atoms with van der Waals surface area (Å²) in [7, 11) is 0. The average Bonchev–Trinajstić information content (AvgIpc) is 2.60. The smallest absolute Gasteiger partial charge is 0.0483 e. The molecule has 0 saturated heterocycles. The molecule has 0 fully saturated rings. The molecule has 0 radical (unpaired) electrons. The van der Waals surface area contributed by atoms with Crippen molar-refractivity contribution in [3.63, 3.8) is 0 Å². The van der Waals surface area contributed by atoms with E-state index in [0.717, 1.165) is 5.56 Å². The standard InChI is InChI=1S/C17H11.3C3H8O.Ti/c1-11-5-6-14-8-7-12-3-2-4-13-9-10-15(11)17(14)16(12)13;3*1-3(2)4;/h2-10H,1H2;3*3-4H,1-2H3;/q-1;;;;. The quantitative estimate of drug-likeness (QED) is 0.180. The molecule has 0 aliphatic heterocycles. The fourth-order valence-electron chi connectivity index (χ4n) is 2.80. The first kappa shape index (κ1) is 28.4. The molecule has 4 heteroatoms. The van der Waals surface area contributed by atoms with E-state index in [1.807, 2.05) is 0 Å². The third kappa shape index (κ3) is 9.03. The van der Waals surface area contributed by atoms with Crippen LogP contribution in [0.2, 0.25) is 0 Å². The van der Waals surface area contributed by atoms with Gasteiger partial charge in [-0.2, -0.15) is 18.6 Å². The molecule has 0 saturated carbocycles. The fourth-order valence-corrected chi connectivity index (χ4v) is 2.80. The third-order valence-corrected chi connectivity index (χ3v) is 3.62. The van der Waals surface area contributed by atoms with E-state index in [-0.39, 0.29) is 40.0 Å². The molecule has 4 rings (SSSR count). The molecule has 0 amide bonds. The molecular weight excluding hydrogens is 408 g/mol. The molecule has 4 aromatic carbocycles. The van der Waals surface area contributed by atoms with E-state index in [9.17, 15) is 0 Å². The second kappa shape index (κ2) is 13.6. The summed E-state index contributed by atoms with van der Waals surface area (Å²) in [4.78, 5) is 0. The van der Waals surface area contributed by atoms with Gasteiger partial charge in [-0.3, -0.25) is 0 Å². The molecule has 4 aromatic rings. The van der Waals surface area contributed by atoms with Gasteiger partial charge in [-0.25, -0.2) is 0 Å². The molecule has 0 bridgehead atoms. The van der Waals surface area contributed by atoms with Gasteiger partial charge in [-0.15, -0.1) is 17.5 Å². The van der Waals surface area contributed by atoms with Gasteiger partial charge in [-0.05, 0) is 63.1 Å². The van der Waals surface area contributed by atoms with E-state index in [0.29, 0.717) is 0 Å². The van der Waals surface area contributed by atoms with E-state index < -0.39 is 0 Å². The van der Waals surface area contributed by atoms with Crippen molar-refractivity contribution in [2.45, 2.75) is 59.9 Å². The molecule has 0 heterocycles. The number of aliphatic hydroxyl groups excluding tert-OH is 3. The van der Waals surface area contributed by atoms with Gasteiger partial charge in [0.25, 0.3) is 0 Å². The largest absolute Gasteiger partial charge is 0.394 e. The maximum absolute atomic E-state index is 8.06. The monoisotopic (exact) mass is 443 g/mol. The van der Waals surface area contributed by atoms with Crippen molar-refractivity contribution in [1.82, 2.24) is 0 Å².